The number of hydrogen-bond acceptors (Lipinski definition) is 3. The van der Waals surface area contributed by atoms with Crippen LogP contribution < -0.4 is 0 Å². The van der Waals surface area contributed by atoms with Crippen LogP contribution in [0, 0.1) is 6.92 Å². The maximum Gasteiger partial charge on any atom is 0.163 e. The third kappa shape index (κ3) is 3.07. The van der Waals surface area contributed by atoms with Crippen molar-refractivity contribution in [2.45, 2.75) is 31.8 Å². The number of aliphatic imine (C=N–C) groups is 1. The molecule has 0 N–H and O–H groups in total. The standard InChI is InChI=1S/C27H24N4/c1-19-24-25(20-11-5-2-6-12-20)30(22-17-18-22)26(21-13-7-3-8-14-21)28-27(24)31(29-19)23-15-9-4-10-16-23/h2-16,22,25H,17-18H2,1H3/t25-/m0/s1. The zero-order valence-corrected chi connectivity index (χ0v) is 17.5. The second kappa shape index (κ2) is 7.24. The molecule has 0 radical (unpaired) electrons. The van der Waals surface area contributed by atoms with Crippen LogP contribution in [-0.2, 0) is 0 Å². The van der Waals surface area contributed by atoms with Crippen molar-refractivity contribution in [3.8, 4) is 5.69 Å². The largest absolute Gasteiger partial charge is 0.342 e. The van der Waals surface area contributed by atoms with Crippen molar-refractivity contribution in [1.29, 1.82) is 0 Å². The van der Waals surface area contributed by atoms with Crippen LogP contribution in [0.15, 0.2) is 96.0 Å². The number of hydrogen-bond donors (Lipinski definition) is 0. The number of aromatic nitrogens is 2. The van der Waals surface area contributed by atoms with Crippen LogP contribution >= 0.6 is 0 Å². The molecule has 4 nitrogen and oxygen atoms in total. The Labute approximate surface area is 182 Å². The minimum atomic E-state index is 0.105. The lowest BCUT2D eigenvalue weighted by atomic mass is 9.94. The average molecular weight is 405 g/mol. The van der Waals surface area contributed by atoms with Gasteiger partial charge < -0.3 is 4.90 Å². The van der Waals surface area contributed by atoms with Crippen molar-refractivity contribution < 1.29 is 0 Å². The van der Waals surface area contributed by atoms with E-state index in [1.807, 2.05) is 10.7 Å². The van der Waals surface area contributed by atoms with Crippen molar-refractivity contribution in [3.05, 3.63) is 113 Å². The van der Waals surface area contributed by atoms with E-state index in [-0.39, 0.29) is 6.04 Å². The molecule has 31 heavy (non-hydrogen) atoms. The van der Waals surface area contributed by atoms with E-state index in [1.165, 1.54) is 24.0 Å². The lowest BCUT2D eigenvalue weighted by Crippen LogP contribution is -2.40. The van der Waals surface area contributed by atoms with Crippen LogP contribution in [0.5, 0.6) is 0 Å². The first-order valence-electron chi connectivity index (χ1n) is 10.9. The zero-order valence-electron chi connectivity index (χ0n) is 17.5. The van der Waals surface area contributed by atoms with E-state index < -0.39 is 0 Å². The molecule has 0 bridgehead atoms. The van der Waals surface area contributed by atoms with E-state index in [1.54, 1.807) is 0 Å². The third-order valence-electron chi connectivity index (χ3n) is 6.18. The molecule has 6 rings (SSSR count). The molecule has 0 amide bonds. The van der Waals surface area contributed by atoms with Crippen molar-refractivity contribution in [1.82, 2.24) is 14.7 Å². The fraction of sp³-hybridized carbons (Fsp3) is 0.185. The molecule has 1 aromatic heterocycles. The third-order valence-corrected chi connectivity index (χ3v) is 6.18. The molecule has 2 heterocycles. The molecule has 4 aromatic rings. The Morgan fingerprint density at radius 2 is 1.39 bits per heavy atom. The predicted molar refractivity (Wildman–Crippen MR) is 124 cm³/mol. The number of para-hydroxylation sites is 1. The van der Waals surface area contributed by atoms with Gasteiger partial charge in [-0.2, -0.15) is 5.10 Å². The summed E-state index contributed by atoms with van der Waals surface area (Å²) in [5.74, 6) is 1.98. The maximum atomic E-state index is 5.27. The maximum absolute atomic E-state index is 5.27. The van der Waals surface area contributed by atoms with Gasteiger partial charge in [-0.3, -0.25) is 0 Å². The molecular weight excluding hydrogens is 380 g/mol. The summed E-state index contributed by atoms with van der Waals surface area (Å²) >= 11 is 0. The lowest BCUT2D eigenvalue weighted by molar-refractivity contribution is 0.341. The minimum absolute atomic E-state index is 0.105. The van der Waals surface area contributed by atoms with Crippen molar-refractivity contribution >= 4 is 11.7 Å². The second-order valence-corrected chi connectivity index (χ2v) is 8.32. The summed E-state index contributed by atoms with van der Waals surface area (Å²) in [5.41, 5.74) is 5.72. The molecular formula is C27H24N4. The molecule has 152 valence electrons. The molecule has 0 unspecified atom stereocenters. The van der Waals surface area contributed by atoms with Crippen LogP contribution in [0.3, 0.4) is 0 Å². The Morgan fingerprint density at radius 3 is 2.03 bits per heavy atom. The van der Waals surface area contributed by atoms with Gasteiger partial charge in [-0.1, -0.05) is 78.9 Å². The molecule has 1 aliphatic heterocycles. The molecule has 1 atom stereocenters. The minimum Gasteiger partial charge on any atom is -0.342 e. The van der Waals surface area contributed by atoms with E-state index in [2.05, 4.69) is 96.8 Å². The second-order valence-electron chi connectivity index (χ2n) is 8.32. The van der Waals surface area contributed by atoms with Gasteiger partial charge in [0.25, 0.3) is 0 Å². The van der Waals surface area contributed by atoms with Gasteiger partial charge in [-0.05, 0) is 37.5 Å². The number of nitrogens with zero attached hydrogens (tertiary/aromatic N) is 4. The number of rotatable bonds is 4. The van der Waals surface area contributed by atoms with Gasteiger partial charge in [-0.15, -0.1) is 0 Å². The van der Waals surface area contributed by atoms with Gasteiger partial charge in [0.15, 0.2) is 5.82 Å². The van der Waals surface area contributed by atoms with Gasteiger partial charge in [0.2, 0.25) is 0 Å². The molecule has 1 aliphatic carbocycles. The summed E-state index contributed by atoms with van der Waals surface area (Å²) in [4.78, 5) is 7.81. The average Bonchev–Trinajstić information content (AvgIpc) is 3.63. The van der Waals surface area contributed by atoms with Crippen LogP contribution in [0.25, 0.3) is 5.69 Å². The molecule has 3 aromatic carbocycles. The van der Waals surface area contributed by atoms with E-state index in [9.17, 15) is 0 Å². The van der Waals surface area contributed by atoms with E-state index in [0.29, 0.717) is 6.04 Å². The van der Waals surface area contributed by atoms with Gasteiger partial charge in [0.05, 0.1) is 17.4 Å². The van der Waals surface area contributed by atoms with Gasteiger partial charge in [0, 0.05) is 17.2 Å². The fourth-order valence-corrected chi connectivity index (χ4v) is 4.62. The number of benzene rings is 3. The van der Waals surface area contributed by atoms with E-state index in [0.717, 1.165) is 28.6 Å². The molecule has 0 spiro atoms. The SMILES string of the molecule is Cc1nn(-c2ccccc2)c2c1[C@H](c1ccccc1)N(C1CC1)C(c1ccccc1)=N2. The van der Waals surface area contributed by atoms with Crippen molar-refractivity contribution in [2.75, 3.05) is 0 Å². The van der Waals surface area contributed by atoms with Crippen molar-refractivity contribution in [3.63, 3.8) is 0 Å². The molecule has 4 heteroatoms. The molecule has 1 fully saturated rings. The molecule has 0 saturated heterocycles. The summed E-state index contributed by atoms with van der Waals surface area (Å²) in [6.07, 6.45) is 2.41. The Hall–Kier alpha value is -3.66. The highest BCUT2D eigenvalue weighted by atomic mass is 15.4. The molecule has 2 aliphatic rings. The van der Waals surface area contributed by atoms with Gasteiger partial charge >= 0.3 is 0 Å². The smallest absolute Gasteiger partial charge is 0.163 e. The Balaban J connectivity index is 1.64. The zero-order chi connectivity index (χ0) is 20.8. The Morgan fingerprint density at radius 1 is 0.774 bits per heavy atom. The highest BCUT2D eigenvalue weighted by Gasteiger charge is 2.43. The topological polar surface area (TPSA) is 33.4 Å². The Bertz CT molecular complexity index is 1240. The lowest BCUT2D eigenvalue weighted by Gasteiger charge is -2.38. The van der Waals surface area contributed by atoms with Crippen molar-refractivity contribution in [2.24, 2.45) is 4.99 Å². The first-order valence-corrected chi connectivity index (χ1v) is 10.9. The van der Waals surface area contributed by atoms with E-state index in [4.69, 9.17) is 10.1 Å². The fourth-order valence-electron chi connectivity index (χ4n) is 4.62. The highest BCUT2D eigenvalue weighted by molar-refractivity contribution is 6.02. The number of aryl methyl sites for hydroxylation is 1. The molecule has 1 saturated carbocycles. The van der Waals surface area contributed by atoms with Gasteiger partial charge in [0.1, 0.15) is 5.84 Å². The monoisotopic (exact) mass is 404 g/mol. The summed E-state index contributed by atoms with van der Waals surface area (Å²) in [5, 5.41) is 4.96. The van der Waals surface area contributed by atoms with Gasteiger partial charge in [-0.25, -0.2) is 9.67 Å². The van der Waals surface area contributed by atoms with Crippen LogP contribution in [-0.4, -0.2) is 26.6 Å². The van der Waals surface area contributed by atoms with Crippen LogP contribution in [0.1, 0.15) is 41.3 Å². The summed E-state index contributed by atoms with van der Waals surface area (Å²) in [6, 6.07) is 32.3. The number of fused-ring (bicyclic) bond motifs is 1. The summed E-state index contributed by atoms with van der Waals surface area (Å²) in [7, 11) is 0. The predicted octanol–water partition coefficient (Wildman–Crippen LogP) is 5.83. The quantitative estimate of drug-likeness (QED) is 0.429. The van der Waals surface area contributed by atoms with Crippen LogP contribution in [0.4, 0.5) is 5.82 Å². The highest BCUT2D eigenvalue weighted by Crippen LogP contribution is 2.47. The Kier molecular flexibility index (Phi) is 4.23. The van der Waals surface area contributed by atoms with Crippen LogP contribution in [0.2, 0.25) is 0 Å². The normalized spacial score (nSPS) is 17.9. The summed E-state index contributed by atoms with van der Waals surface area (Å²) in [6.45, 7) is 2.11. The first kappa shape index (κ1) is 18.1. The number of amidine groups is 1. The van der Waals surface area contributed by atoms with E-state index >= 15 is 0 Å². The first-order chi connectivity index (χ1) is 15.3. The summed E-state index contributed by atoms with van der Waals surface area (Å²) < 4.78 is 2.01.